The summed E-state index contributed by atoms with van der Waals surface area (Å²) < 4.78 is 176. The maximum absolute atomic E-state index is 15.3. The number of alkyl halides is 2. The van der Waals surface area contributed by atoms with Crippen LogP contribution in [0.25, 0.3) is 132 Å². The summed E-state index contributed by atoms with van der Waals surface area (Å²) in [7, 11) is 0. The van der Waals surface area contributed by atoms with Gasteiger partial charge in [-0.25, -0.2) is 52.7 Å². The van der Waals surface area contributed by atoms with E-state index in [1.807, 2.05) is 121 Å². The number of nitrogens with zero attached hydrogens (tertiary/aromatic N) is 1. The molecule has 22 heteroatoms. The van der Waals surface area contributed by atoms with Gasteiger partial charge in [-0.05, 0) is 316 Å². The van der Waals surface area contributed by atoms with Gasteiger partial charge >= 0.3 is 103 Å². The predicted molar refractivity (Wildman–Crippen MR) is 476 cm³/mol. The van der Waals surface area contributed by atoms with Crippen LogP contribution in [0.5, 0.6) is 0 Å². The number of hydrogen-bond acceptors (Lipinski definition) is 4. The number of quaternary nitrogens is 1. The summed E-state index contributed by atoms with van der Waals surface area (Å²) in [6.45, 7) is 19.6. The number of rotatable bonds is 8. The molecule has 127 heavy (non-hydrogen) atoms. The minimum atomic E-state index is -1.54. The average molecular weight is 1960 g/mol. The molecule has 0 amide bonds. The first-order valence-corrected chi connectivity index (χ1v) is 42.4. The first-order valence-electron chi connectivity index (χ1n) is 40.1. The zero-order chi connectivity index (χ0) is 87.8. The second-order valence-electron chi connectivity index (χ2n) is 32.2. The quantitative estimate of drug-likeness (QED) is 0.0241. The van der Waals surface area contributed by atoms with Crippen molar-refractivity contribution >= 4 is 81.4 Å². The topological polar surface area (TPSA) is 61.4 Å². The summed E-state index contributed by atoms with van der Waals surface area (Å²) >= 11 is 7.28. The van der Waals surface area contributed by atoms with Crippen molar-refractivity contribution < 1.29 is 193 Å². The molecule has 3 aliphatic heterocycles. The molecule has 634 valence electrons. The minimum Gasteiger partial charge on any atom is -1.00 e. The molecule has 1 spiro atoms. The average Bonchev–Trinajstić information content (AvgIpc) is 1.53. The molecule has 0 aliphatic carbocycles. The predicted octanol–water partition coefficient (Wildman–Crippen LogP) is 19.6. The van der Waals surface area contributed by atoms with Crippen molar-refractivity contribution in [1.29, 1.82) is 0 Å². The van der Waals surface area contributed by atoms with Gasteiger partial charge in [0.05, 0.1) is 0 Å². The van der Waals surface area contributed by atoms with Crippen LogP contribution in [0.15, 0.2) is 218 Å². The first-order chi connectivity index (χ1) is 59.6. The van der Waals surface area contributed by atoms with Crippen molar-refractivity contribution in [2.24, 2.45) is 0 Å². The second-order valence-corrected chi connectivity index (χ2v) is 33.3. The van der Waals surface area contributed by atoms with Crippen molar-refractivity contribution in [3.63, 3.8) is 0 Å². The van der Waals surface area contributed by atoms with Gasteiger partial charge < -0.3 is 38.4 Å². The molecule has 0 saturated carbocycles. The minimum absolute atomic E-state index is 0. The molecule has 16 aromatic carbocycles. The number of nitrogens with one attached hydrogen (secondary N) is 1. The summed E-state index contributed by atoms with van der Waals surface area (Å²) in [5.41, 5.74) is 29.5. The molecule has 0 fully saturated rings. The van der Waals surface area contributed by atoms with Gasteiger partial charge in [0.1, 0.15) is 26.2 Å². The van der Waals surface area contributed by atoms with Gasteiger partial charge in [-0.15, -0.1) is 0 Å². The third-order valence-corrected chi connectivity index (χ3v) is 26.2. The van der Waals surface area contributed by atoms with Crippen LogP contribution < -0.4 is 130 Å². The molecule has 1 N–H and O–H groups in total. The molecule has 3 heterocycles. The number of aryl methyl sites for hydroxylation is 4. The van der Waals surface area contributed by atoms with Crippen LogP contribution >= 0.6 is 31.9 Å². The molecule has 5 nitrogen and oxygen atoms in total. The number of halogens is 15. The largest absolute Gasteiger partial charge is 1.00 e. The van der Waals surface area contributed by atoms with Gasteiger partial charge in [-0.2, -0.15) is 0 Å². The number of carbonyl (C=O) groups excluding carboxylic acids is 1. The fourth-order valence-electron chi connectivity index (χ4n) is 18.7. The molecule has 0 aromatic heterocycles. The van der Waals surface area contributed by atoms with Crippen molar-refractivity contribution in [1.82, 2.24) is 5.32 Å². The van der Waals surface area contributed by atoms with Crippen LogP contribution in [-0.4, -0.2) is 11.0 Å². The third-order valence-electron chi connectivity index (χ3n) is 25.0. The maximum atomic E-state index is 15.3. The van der Waals surface area contributed by atoms with Crippen molar-refractivity contribution in [3.8, 4) is 89.0 Å². The Hall–Kier alpha value is -8.22. The maximum Gasteiger partial charge on any atom is 1.00 e. The van der Waals surface area contributed by atoms with E-state index in [1.54, 1.807) is 0 Å². The van der Waals surface area contributed by atoms with Gasteiger partial charge in [0, 0.05) is 57.1 Å². The molecule has 0 unspecified atom stereocenters. The van der Waals surface area contributed by atoms with E-state index in [0.717, 1.165) is 158 Å². The Morgan fingerprint density at radius 2 is 0.575 bits per heavy atom. The Labute approximate surface area is 841 Å². The molecule has 3 aliphatic rings. The molecule has 0 saturated heterocycles. The molecular weight excluding hydrogens is 1880 g/mol. The standard InChI is InChI=1S/C52H38F6N.C34H19F6N.C18H20Br2.CH2O3.BrH.2K.H/c1-27-13-15-33-23-59(24-34-16-14-28(2)30(4)48(34)47(33)29(27)3)25-41-39(35-19-43(53)51(57)44(54)20-35)17-31-9-5-7-11-37(31)49(41)50-38-12-8-6-10-32(38)18-40(42(50)26-59)36-21-45(55)52(58)46(56)22-36;35-27-11-19(12-28(36)33(27)39)23-9-17-5-1-3-7-21(17)31-25(23)15-41-16-26-24(20-13-29(37)34(40)30(38)14-20)10-18-6-2-4-8-22(18)32(26)31;1-11-5-7-15(9-19)17(13(11)3)18-14(4)12(2)6-8-16(18)10-20;2-1-4-3;;;;/h5-22H,23-26H2,1-4H3;1-14,41H,15-16H2;5-8H,9-10H2,1-4H3;1,3H;1H;;;/q+1;;;;;2*+1;-1/p-2. The second kappa shape index (κ2) is 39.8. The molecule has 16 aromatic rings. The molecule has 0 atom stereocenters. The first kappa shape index (κ1) is 96.3. The van der Waals surface area contributed by atoms with Gasteiger partial charge in [-0.3, -0.25) is 4.79 Å². The summed E-state index contributed by atoms with van der Waals surface area (Å²) in [4.78, 5) is 11.2. The van der Waals surface area contributed by atoms with Crippen LogP contribution in [-0.2, 0) is 59.6 Å². The third kappa shape index (κ3) is 18.2. The SMILES string of the molecule is Cc1ccc(CBr)c(-c2c(CBr)ccc(C)c2C)c1C.Cc1ccc2c(c1C)-c1c(ccc(C)c1C)C[N+]1(C2)Cc2c(-c3cc(F)c(F)c(F)c3)cc3ccccc3c2-c2c(c(-c3cc(F)c(F)c(F)c3)cc3ccccc23)C1.Fc1cc(-c2cc3ccccc3c3c2CNCc2c(-c4cc(F)c(F)c(F)c4)cc4ccccc4c2-3)cc(F)c1F.O=CO[O-].[Br-].[H-].[K+].[K+]. The van der Waals surface area contributed by atoms with E-state index in [9.17, 15) is 35.1 Å². The number of benzene rings is 16. The van der Waals surface area contributed by atoms with Crippen molar-refractivity contribution in [2.45, 2.75) is 105 Å². The number of fused-ring (bicyclic) bond motifs is 17. The van der Waals surface area contributed by atoms with Crippen LogP contribution in [0.4, 0.5) is 52.7 Å². The van der Waals surface area contributed by atoms with Crippen molar-refractivity contribution in [2.75, 3.05) is 0 Å². The smallest absolute Gasteiger partial charge is 1.00 e. The fraction of sp³-hybridized carbons (Fsp3) is 0.152. The van der Waals surface area contributed by atoms with E-state index >= 15 is 17.6 Å². The van der Waals surface area contributed by atoms with Gasteiger partial charge in [0.25, 0.3) is 6.47 Å². The van der Waals surface area contributed by atoms with Crippen LogP contribution in [0.3, 0.4) is 0 Å². The summed E-state index contributed by atoms with van der Waals surface area (Å²) in [5.74, 6) is -16.5. The van der Waals surface area contributed by atoms with Crippen LogP contribution in [0.1, 0.15) is 90.4 Å². The Balaban J connectivity index is 0.000000187. The molecule has 0 bridgehead atoms. The van der Waals surface area contributed by atoms with E-state index in [2.05, 4.69) is 146 Å². The van der Waals surface area contributed by atoms with Crippen LogP contribution in [0, 0.1) is 125 Å². The zero-order valence-electron chi connectivity index (χ0n) is 71.9. The molecule has 0 radical (unpaired) electrons. The van der Waals surface area contributed by atoms with Gasteiger partial charge in [0.15, 0.2) is 69.8 Å². The Kier molecular flexibility index (Phi) is 30.2. The fourth-order valence-corrected chi connectivity index (χ4v) is 19.6. The number of hydrogen-bond donors (Lipinski definition) is 1. The molecule has 19 rings (SSSR count). The summed E-state index contributed by atoms with van der Waals surface area (Å²) in [6, 6.07) is 64.0. The van der Waals surface area contributed by atoms with E-state index in [-0.39, 0.29) is 163 Å². The van der Waals surface area contributed by atoms with Crippen LogP contribution in [0.2, 0.25) is 0 Å². The van der Waals surface area contributed by atoms with E-state index in [4.69, 9.17) is 10.1 Å². The van der Waals surface area contributed by atoms with E-state index < -0.39 is 69.8 Å². The molecular formula is C105H79Br3F12K2N2O3. The summed E-state index contributed by atoms with van der Waals surface area (Å²) in [6.07, 6.45) is 0. The van der Waals surface area contributed by atoms with Gasteiger partial charge in [-0.1, -0.05) is 177 Å². The van der Waals surface area contributed by atoms with E-state index in [1.165, 1.54) is 77.9 Å². The van der Waals surface area contributed by atoms with E-state index in [0.29, 0.717) is 52.9 Å². The summed E-state index contributed by atoms with van der Waals surface area (Å²) in [5, 5.41) is 20.2. The normalized spacial score (nSPS) is 12.6. The van der Waals surface area contributed by atoms with Crippen molar-refractivity contribution in [3.05, 3.63) is 377 Å². The zero-order valence-corrected chi connectivity index (χ0v) is 81.9. The number of carbonyl (C=O) groups is 1. The Morgan fingerprint density at radius 3 is 0.835 bits per heavy atom. The Morgan fingerprint density at radius 1 is 0.339 bits per heavy atom. The Bertz CT molecular complexity index is 6630. The monoisotopic (exact) mass is 1960 g/mol. The van der Waals surface area contributed by atoms with Gasteiger partial charge in [0.2, 0.25) is 0 Å².